The molecule has 2 N–H and O–H groups in total. The van der Waals surface area contributed by atoms with Crippen LogP contribution in [-0.4, -0.2) is 10.9 Å². The molecule has 1 amide bonds. The van der Waals surface area contributed by atoms with E-state index < -0.39 is 11.7 Å². The van der Waals surface area contributed by atoms with E-state index in [0.717, 1.165) is 17.2 Å². The highest BCUT2D eigenvalue weighted by atomic mass is 19.1. The summed E-state index contributed by atoms with van der Waals surface area (Å²) in [4.78, 5) is 15.6. The molecule has 0 saturated heterocycles. The van der Waals surface area contributed by atoms with Crippen molar-refractivity contribution < 1.29 is 13.9 Å². The van der Waals surface area contributed by atoms with Crippen molar-refractivity contribution in [3.8, 4) is 28.8 Å². The number of ether oxygens (including phenoxy) is 1. The molecule has 0 radical (unpaired) electrons. The molecule has 1 aromatic heterocycles. The van der Waals surface area contributed by atoms with Gasteiger partial charge in [0.2, 0.25) is 5.91 Å². The lowest BCUT2D eigenvalue weighted by Crippen LogP contribution is -2.12. The van der Waals surface area contributed by atoms with Crippen LogP contribution in [-0.2, 0) is 0 Å². The fourth-order valence-corrected chi connectivity index (χ4v) is 2.51. The number of nitrogens with two attached hydrogens (primary N) is 1. The van der Waals surface area contributed by atoms with Gasteiger partial charge in [0.1, 0.15) is 5.75 Å². The molecule has 0 saturated carbocycles. The van der Waals surface area contributed by atoms with Crippen molar-refractivity contribution in [2.24, 2.45) is 5.73 Å². The van der Waals surface area contributed by atoms with Gasteiger partial charge in [-0.2, -0.15) is 5.26 Å². The van der Waals surface area contributed by atoms with Gasteiger partial charge in [0.15, 0.2) is 11.6 Å². The third-order valence-electron chi connectivity index (χ3n) is 3.81. The molecule has 5 nitrogen and oxygen atoms in total. The van der Waals surface area contributed by atoms with Crippen LogP contribution in [0.15, 0.2) is 54.7 Å². The SMILES string of the molecule is Cc1cc(-c2cc(Oc3ccc(C#N)cc3F)ccn2)ccc1C(N)=O. The summed E-state index contributed by atoms with van der Waals surface area (Å²) in [6, 6.07) is 14.3. The van der Waals surface area contributed by atoms with Crippen LogP contribution in [0.3, 0.4) is 0 Å². The van der Waals surface area contributed by atoms with Gasteiger partial charge in [-0.3, -0.25) is 9.78 Å². The lowest BCUT2D eigenvalue weighted by atomic mass is 10.0. The third kappa shape index (κ3) is 3.52. The number of carbonyl (C=O) groups excluding carboxylic acids is 1. The van der Waals surface area contributed by atoms with E-state index in [1.165, 1.54) is 12.1 Å². The first kappa shape index (κ1) is 17.1. The Morgan fingerprint density at radius 1 is 1.19 bits per heavy atom. The highest BCUT2D eigenvalue weighted by Crippen LogP contribution is 2.28. The van der Waals surface area contributed by atoms with E-state index in [1.807, 2.05) is 6.07 Å². The number of primary amides is 1. The van der Waals surface area contributed by atoms with E-state index in [0.29, 0.717) is 17.0 Å². The fraction of sp³-hybridized carbons (Fsp3) is 0.0500. The number of hydrogen-bond donors (Lipinski definition) is 1. The molecule has 0 aliphatic heterocycles. The maximum Gasteiger partial charge on any atom is 0.248 e. The van der Waals surface area contributed by atoms with Gasteiger partial charge in [0.05, 0.1) is 17.3 Å². The van der Waals surface area contributed by atoms with Crippen LogP contribution >= 0.6 is 0 Å². The predicted octanol–water partition coefficient (Wildman–Crippen LogP) is 3.96. The first-order chi connectivity index (χ1) is 12.5. The maximum atomic E-state index is 14.0. The summed E-state index contributed by atoms with van der Waals surface area (Å²) in [5.74, 6) is -0.698. The number of hydrogen-bond acceptors (Lipinski definition) is 4. The van der Waals surface area contributed by atoms with Crippen LogP contribution in [0.2, 0.25) is 0 Å². The second-order valence-electron chi connectivity index (χ2n) is 5.63. The molecule has 128 valence electrons. The smallest absolute Gasteiger partial charge is 0.248 e. The molecule has 0 atom stereocenters. The van der Waals surface area contributed by atoms with Crippen molar-refractivity contribution in [2.75, 3.05) is 0 Å². The Bertz CT molecular complexity index is 1040. The van der Waals surface area contributed by atoms with Crippen molar-refractivity contribution >= 4 is 5.91 Å². The van der Waals surface area contributed by atoms with Crippen molar-refractivity contribution in [1.29, 1.82) is 5.26 Å². The van der Waals surface area contributed by atoms with Crippen LogP contribution in [0.5, 0.6) is 11.5 Å². The minimum absolute atomic E-state index is 0.0152. The van der Waals surface area contributed by atoms with E-state index in [-0.39, 0.29) is 11.3 Å². The molecule has 3 rings (SSSR count). The lowest BCUT2D eigenvalue weighted by molar-refractivity contribution is 0.0999. The summed E-state index contributed by atoms with van der Waals surface area (Å²) in [5.41, 5.74) is 8.10. The van der Waals surface area contributed by atoms with Gasteiger partial charge in [-0.05, 0) is 48.9 Å². The molecule has 2 aromatic carbocycles. The lowest BCUT2D eigenvalue weighted by Gasteiger charge is -2.09. The summed E-state index contributed by atoms with van der Waals surface area (Å²) < 4.78 is 19.5. The predicted molar refractivity (Wildman–Crippen MR) is 94.1 cm³/mol. The van der Waals surface area contributed by atoms with Crippen LogP contribution in [0, 0.1) is 24.1 Å². The summed E-state index contributed by atoms with van der Waals surface area (Å²) in [7, 11) is 0. The Labute approximate surface area is 149 Å². The zero-order chi connectivity index (χ0) is 18.7. The number of carbonyl (C=O) groups is 1. The number of nitrogens with zero attached hydrogens (tertiary/aromatic N) is 2. The molecule has 0 spiro atoms. The molecular formula is C20H14FN3O2. The van der Waals surface area contributed by atoms with E-state index in [1.54, 1.807) is 43.5 Å². The second kappa shape index (κ2) is 7.03. The number of amides is 1. The summed E-state index contributed by atoms with van der Waals surface area (Å²) in [5, 5.41) is 8.79. The minimum atomic E-state index is -0.621. The molecule has 6 heteroatoms. The normalized spacial score (nSPS) is 10.2. The first-order valence-corrected chi connectivity index (χ1v) is 7.72. The van der Waals surface area contributed by atoms with Gasteiger partial charge in [-0.15, -0.1) is 0 Å². The number of pyridine rings is 1. The number of rotatable bonds is 4. The minimum Gasteiger partial charge on any atom is -0.454 e. The number of aromatic nitrogens is 1. The van der Waals surface area contributed by atoms with E-state index in [2.05, 4.69) is 4.98 Å². The van der Waals surface area contributed by atoms with Crippen LogP contribution in [0.1, 0.15) is 21.5 Å². The van der Waals surface area contributed by atoms with Crippen LogP contribution in [0.25, 0.3) is 11.3 Å². The van der Waals surface area contributed by atoms with Gasteiger partial charge < -0.3 is 10.5 Å². The van der Waals surface area contributed by atoms with Gasteiger partial charge in [-0.1, -0.05) is 6.07 Å². The Morgan fingerprint density at radius 3 is 2.65 bits per heavy atom. The number of aryl methyl sites for hydroxylation is 1. The Kier molecular flexibility index (Phi) is 4.63. The average molecular weight is 347 g/mol. The van der Waals surface area contributed by atoms with Crippen LogP contribution < -0.4 is 10.5 Å². The van der Waals surface area contributed by atoms with Crippen molar-refractivity contribution in [3.05, 3.63) is 77.2 Å². The van der Waals surface area contributed by atoms with Crippen LogP contribution in [0.4, 0.5) is 4.39 Å². The van der Waals surface area contributed by atoms with Crippen molar-refractivity contribution in [2.45, 2.75) is 6.92 Å². The van der Waals surface area contributed by atoms with Gasteiger partial charge >= 0.3 is 0 Å². The zero-order valence-electron chi connectivity index (χ0n) is 13.9. The number of benzene rings is 2. The highest BCUT2D eigenvalue weighted by Gasteiger charge is 2.10. The van der Waals surface area contributed by atoms with E-state index in [9.17, 15) is 9.18 Å². The molecule has 26 heavy (non-hydrogen) atoms. The maximum absolute atomic E-state index is 14.0. The van der Waals surface area contributed by atoms with Gasteiger partial charge in [0, 0.05) is 23.4 Å². The summed E-state index contributed by atoms with van der Waals surface area (Å²) in [6.07, 6.45) is 1.55. The zero-order valence-corrected chi connectivity index (χ0v) is 13.9. The largest absolute Gasteiger partial charge is 0.454 e. The Morgan fingerprint density at radius 2 is 2.00 bits per heavy atom. The molecule has 0 unspecified atom stereocenters. The third-order valence-corrected chi connectivity index (χ3v) is 3.81. The molecule has 0 aliphatic rings. The van der Waals surface area contributed by atoms with Crippen molar-refractivity contribution in [3.63, 3.8) is 0 Å². The summed E-state index contributed by atoms with van der Waals surface area (Å²) >= 11 is 0. The monoisotopic (exact) mass is 347 g/mol. The molecule has 0 bridgehead atoms. The summed E-state index contributed by atoms with van der Waals surface area (Å²) in [6.45, 7) is 1.79. The van der Waals surface area contributed by atoms with Gasteiger partial charge in [0.25, 0.3) is 0 Å². The molecular weight excluding hydrogens is 333 g/mol. The first-order valence-electron chi connectivity index (χ1n) is 7.72. The molecule has 0 fully saturated rings. The molecule has 3 aromatic rings. The quantitative estimate of drug-likeness (QED) is 0.773. The number of nitriles is 1. The molecule has 1 heterocycles. The average Bonchev–Trinajstić information content (AvgIpc) is 2.63. The Hall–Kier alpha value is -3.72. The number of halogens is 1. The highest BCUT2D eigenvalue weighted by molar-refractivity contribution is 5.94. The molecule has 0 aliphatic carbocycles. The Balaban J connectivity index is 1.91. The van der Waals surface area contributed by atoms with E-state index in [4.69, 9.17) is 15.7 Å². The topological polar surface area (TPSA) is 89.0 Å². The fourth-order valence-electron chi connectivity index (χ4n) is 2.51. The van der Waals surface area contributed by atoms with Gasteiger partial charge in [-0.25, -0.2) is 4.39 Å². The second-order valence-corrected chi connectivity index (χ2v) is 5.63. The van der Waals surface area contributed by atoms with Crippen molar-refractivity contribution in [1.82, 2.24) is 4.98 Å². The standard InChI is InChI=1S/C20H14FN3O2/c1-12-8-14(3-4-16(12)20(23)25)18-10-15(6-7-24-18)26-19-5-2-13(11-22)9-17(19)21/h2-10H,1H3,(H2,23,25). The van der Waals surface area contributed by atoms with E-state index >= 15 is 0 Å².